The lowest BCUT2D eigenvalue weighted by atomic mass is 10.0. The number of esters is 3. The summed E-state index contributed by atoms with van der Waals surface area (Å²) in [5.74, 6) is -0.905. The molecule has 0 bridgehead atoms. The monoisotopic (exact) mass is 801 g/mol. The number of ether oxygens (including phenoxy) is 3. The summed E-state index contributed by atoms with van der Waals surface area (Å²) in [6.07, 6.45) is 52.7. The highest BCUT2D eigenvalue weighted by molar-refractivity contribution is 5.71. The average molecular weight is 801 g/mol. The van der Waals surface area contributed by atoms with E-state index in [2.05, 4.69) is 57.2 Å². The van der Waals surface area contributed by atoms with Crippen molar-refractivity contribution in [3.05, 3.63) is 36.5 Å². The van der Waals surface area contributed by atoms with E-state index in [1.165, 1.54) is 116 Å². The predicted molar refractivity (Wildman–Crippen MR) is 242 cm³/mol. The first-order valence-electron chi connectivity index (χ1n) is 24.5. The van der Waals surface area contributed by atoms with E-state index in [0.717, 1.165) is 96.3 Å². The molecule has 332 valence electrons. The Kier molecular flexibility index (Phi) is 44.4. The SMILES string of the molecule is CC/C=C\C/C=C\CCCCCCCC(=O)OCC(COC(=O)CCCCC/C=C\CCCCCCCCC)OC(=O)CCCCCCCCCCCCCCC. The number of carbonyl (C=O) groups is 3. The second-order valence-corrected chi connectivity index (χ2v) is 16.3. The van der Waals surface area contributed by atoms with Gasteiger partial charge in [0.15, 0.2) is 6.10 Å². The van der Waals surface area contributed by atoms with Gasteiger partial charge in [-0.1, -0.05) is 198 Å². The van der Waals surface area contributed by atoms with Crippen molar-refractivity contribution >= 4 is 17.9 Å². The van der Waals surface area contributed by atoms with Gasteiger partial charge in [0, 0.05) is 19.3 Å². The van der Waals surface area contributed by atoms with E-state index < -0.39 is 6.10 Å². The third kappa shape index (κ3) is 44.6. The zero-order valence-electron chi connectivity index (χ0n) is 37.9. The minimum Gasteiger partial charge on any atom is -0.462 e. The normalized spacial score (nSPS) is 12.3. The van der Waals surface area contributed by atoms with Crippen molar-refractivity contribution in [2.24, 2.45) is 0 Å². The van der Waals surface area contributed by atoms with Crippen molar-refractivity contribution in [1.29, 1.82) is 0 Å². The summed E-state index contributed by atoms with van der Waals surface area (Å²) in [7, 11) is 0. The summed E-state index contributed by atoms with van der Waals surface area (Å²) in [4.78, 5) is 37.8. The van der Waals surface area contributed by atoms with Crippen LogP contribution in [0.5, 0.6) is 0 Å². The Morgan fingerprint density at radius 3 is 1.09 bits per heavy atom. The van der Waals surface area contributed by atoms with Crippen LogP contribution >= 0.6 is 0 Å². The fourth-order valence-corrected chi connectivity index (χ4v) is 6.94. The Balaban J connectivity index is 4.39. The van der Waals surface area contributed by atoms with Crippen molar-refractivity contribution in [1.82, 2.24) is 0 Å². The molecule has 0 aliphatic heterocycles. The highest BCUT2D eigenvalue weighted by Gasteiger charge is 2.19. The van der Waals surface area contributed by atoms with Crippen LogP contribution in [0.15, 0.2) is 36.5 Å². The molecule has 1 unspecified atom stereocenters. The molecule has 6 nitrogen and oxygen atoms in total. The Morgan fingerprint density at radius 2 is 0.684 bits per heavy atom. The number of allylic oxidation sites excluding steroid dienone is 6. The first kappa shape index (κ1) is 54.6. The third-order valence-electron chi connectivity index (χ3n) is 10.6. The number of hydrogen-bond acceptors (Lipinski definition) is 6. The molecule has 1 atom stereocenters. The molecule has 57 heavy (non-hydrogen) atoms. The van der Waals surface area contributed by atoms with Crippen LogP contribution in [0.2, 0.25) is 0 Å². The van der Waals surface area contributed by atoms with Gasteiger partial charge in [-0.2, -0.15) is 0 Å². The molecule has 0 spiro atoms. The Morgan fingerprint density at radius 1 is 0.368 bits per heavy atom. The number of hydrogen-bond donors (Lipinski definition) is 0. The summed E-state index contributed by atoms with van der Waals surface area (Å²) in [5, 5.41) is 0. The quantitative estimate of drug-likeness (QED) is 0.0264. The van der Waals surface area contributed by atoms with Crippen molar-refractivity contribution in [2.75, 3.05) is 13.2 Å². The number of unbranched alkanes of at least 4 members (excludes halogenated alkanes) is 27. The first-order chi connectivity index (χ1) is 28.0. The summed E-state index contributed by atoms with van der Waals surface area (Å²) in [6.45, 7) is 6.51. The summed E-state index contributed by atoms with van der Waals surface area (Å²) >= 11 is 0. The van der Waals surface area contributed by atoms with Crippen LogP contribution in [-0.4, -0.2) is 37.2 Å². The van der Waals surface area contributed by atoms with Crippen LogP contribution in [0, 0.1) is 0 Å². The standard InChI is InChI=1S/C51H92O6/c1-4-7-10-13-16-19-22-25-27-29-32-35-38-41-44-50(53)56-47-48(46-55-49(52)43-40-37-34-31-28-24-21-18-15-12-9-6-3)57-51(54)45-42-39-36-33-30-26-23-20-17-14-11-8-5-2/h9,12,18,21,27,29,48H,4-8,10-11,13-17,19-20,22-26,28,30-47H2,1-3H3/b12-9-,21-18-,29-27-. The van der Waals surface area contributed by atoms with Crippen molar-refractivity contribution in [2.45, 2.75) is 258 Å². The van der Waals surface area contributed by atoms with Crippen molar-refractivity contribution < 1.29 is 28.6 Å². The zero-order valence-corrected chi connectivity index (χ0v) is 37.9. The topological polar surface area (TPSA) is 78.9 Å². The average Bonchev–Trinajstić information content (AvgIpc) is 3.21. The van der Waals surface area contributed by atoms with Gasteiger partial charge in [-0.3, -0.25) is 14.4 Å². The van der Waals surface area contributed by atoms with E-state index in [9.17, 15) is 14.4 Å². The zero-order chi connectivity index (χ0) is 41.5. The Hall–Kier alpha value is -2.37. The first-order valence-corrected chi connectivity index (χ1v) is 24.5. The second-order valence-electron chi connectivity index (χ2n) is 16.3. The fraction of sp³-hybridized carbons (Fsp3) is 0.824. The number of rotatable bonds is 44. The summed E-state index contributed by atoms with van der Waals surface area (Å²) < 4.78 is 16.7. The van der Waals surface area contributed by atoms with Crippen LogP contribution in [0.25, 0.3) is 0 Å². The summed E-state index contributed by atoms with van der Waals surface area (Å²) in [6, 6.07) is 0. The van der Waals surface area contributed by atoms with Gasteiger partial charge < -0.3 is 14.2 Å². The molecule has 0 aromatic heterocycles. The van der Waals surface area contributed by atoms with Gasteiger partial charge in [0.1, 0.15) is 13.2 Å². The van der Waals surface area contributed by atoms with E-state index in [-0.39, 0.29) is 31.1 Å². The summed E-state index contributed by atoms with van der Waals surface area (Å²) in [5.41, 5.74) is 0. The maximum atomic E-state index is 12.7. The molecule has 0 N–H and O–H groups in total. The molecule has 0 aliphatic carbocycles. The van der Waals surface area contributed by atoms with E-state index in [1.807, 2.05) is 0 Å². The van der Waals surface area contributed by atoms with Crippen LogP contribution in [-0.2, 0) is 28.6 Å². The maximum Gasteiger partial charge on any atom is 0.306 e. The van der Waals surface area contributed by atoms with Crippen LogP contribution in [0.4, 0.5) is 0 Å². The van der Waals surface area contributed by atoms with Crippen LogP contribution in [0.3, 0.4) is 0 Å². The molecule has 0 heterocycles. The molecular weight excluding hydrogens is 709 g/mol. The van der Waals surface area contributed by atoms with E-state index >= 15 is 0 Å². The third-order valence-corrected chi connectivity index (χ3v) is 10.6. The molecule has 0 fully saturated rings. The molecule has 0 amide bonds. The van der Waals surface area contributed by atoms with Crippen molar-refractivity contribution in [3.8, 4) is 0 Å². The van der Waals surface area contributed by atoms with Crippen LogP contribution in [0.1, 0.15) is 252 Å². The lowest BCUT2D eigenvalue weighted by Crippen LogP contribution is -2.30. The van der Waals surface area contributed by atoms with Gasteiger partial charge in [-0.05, 0) is 70.6 Å². The minimum absolute atomic E-state index is 0.0819. The van der Waals surface area contributed by atoms with E-state index in [0.29, 0.717) is 19.3 Å². The molecule has 0 saturated heterocycles. The van der Waals surface area contributed by atoms with Gasteiger partial charge in [0.25, 0.3) is 0 Å². The lowest BCUT2D eigenvalue weighted by Gasteiger charge is -2.18. The molecule has 0 radical (unpaired) electrons. The van der Waals surface area contributed by atoms with Crippen molar-refractivity contribution in [3.63, 3.8) is 0 Å². The minimum atomic E-state index is -0.778. The molecular formula is C51H92O6. The van der Waals surface area contributed by atoms with E-state index in [1.54, 1.807) is 0 Å². The second kappa shape index (κ2) is 46.3. The number of carbonyl (C=O) groups excluding carboxylic acids is 3. The van der Waals surface area contributed by atoms with Gasteiger partial charge in [0.05, 0.1) is 0 Å². The van der Waals surface area contributed by atoms with Gasteiger partial charge in [-0.15, -0.1) is 0 Å². The maximum absolute atomic E-state index is 12.7. The molecule has 0 rings (SSSR count). The smallest absolute Gasteiger partial charge is 0.306 e. The fourth-order valence-electron chi connectivity index (χ4n) is 6.94. The molecule has 0 aliphatic rings. The molecule has 6 heteroatoms. The van der Waals surface area contributed by atoms with Gasteiger partial charge in [-0.25, -0.2) is 0 Å². The molecule has 0 saturated carbocycles. The lowest BCUT2D eigenvalue weighted by molar-refractivity contribution is -0.167. The highest BCUT2D eigenvalue weighted by Crippen LogP contribution is 2.15. The van der Waals surface area contributed by atoms with Gasteiger partial charge in [0.2, 0.25) is 0 Å². The molecule has 0 aromatic carbocycles. The Labute approximate surface area is 353 Å². The van der Waals surface area contributed by atoms with Gasteiger partial charge >= 0.3 is 17.9 Å². The van der Waals surface area contributed by atoms with Crippen LogP contribution < -0.4 is 0 Å². The largest absolute Gasteiger partial charge is 0.462 e. The highest BCUT2D eigenvalue weighted by atomic mass is 16.6. The Bertz CT molecular complexity index is 969. The molecule has 0 aromatic rings. The predicted octanol–water partition coefficient (Wildman–Crippen LogP) is 15.8. The van der Waals surface area contributed by atoms with E-state index in [4.69, 9.17) is 14.2 Å².